The number of amides is 1. The first-order chi connectivity index (χ1) is 8.75. The number of nitrogens with zero attached hydrogens (tertiary/aromatic N) is 1. The fraction of sp³-hybridized carbons (Fsp3) is 0.200. The highest BCUT2D eigenvalue weighted by Gasteiger charge is 2.04. The summed E-state index contributed by atoms with van der Waals surface area (Å²) in [5.74, 6) is 0.427. The molecule has 1 aromatic heterocycles. The van der Waals surface area contributed by atoms with Gasteiger partial charge in [-0.2, -0.15) is 0 Å². The normalized spacial score (nSPS) is 9.06. The second-order valence-electron chi connectivity index (χ2n) is 3.54. The number of pyridine rings is 1. The van der Waals surface area contributed by atoms with Gasteiger partial charge in [0.25, 0.3) is 5.91 Å². The third-order valence-corrected chi connectivity index (χ3v) is 2.19. The molecule has 3 nitrogen and oxygen atoms in total. The lowest BCUT2D eigenvalue weighted by Gasteiger charge is -2.04. The van der Waals surface area contributed by atoms with Gasteiger partial charge in [-0.3, -0.25) is 4.79 Å². The molecule has 0 saturated carbocycles. The Balaban J connectivity index is 0.000000771. The van der Waals surface area contributed by atoms with Gasteiger partial charge in [-0.15, -0.1) is 0 Å². The van der Waals surface area contributed by atoms with E-state index in [-0.39, 0.29) is 5.91 Å². The fourth-order valence-electron chi connectivity index (χ4n) is 1.32. The predicted molar refractivity (Wildman–Crippen MR) is 74.7 cm³/mol. The van der Waals surface area contributed by atoms with Crippen molar-refractivity contribution in [2.75, 3.05) is 5.32 Å². The Hall–Kier alpha value is -2.16. The van der Waals surface area contributed by atoms with Gasteiger partial charge in [0.2, 0.25) is 0 Å². The summed E-state index contributed by atoms with van der Waals surface area (Å²) in [6.07, 6.45) is 1.72. The molecule has 0 saturated heterocycles. The minimum Gasteiger partial charge on any atom is -0.307 e. The zero-order chi connectivity index (χ0) is 13.4. The number of aromatic nitrogens is 1. The van der Waals surface area contributed by atoms with E-state index in [1.807, 2.05) is 45.0 Å². The summed E-state index contributed by atoms with van der Waals surface area (Å²) >= 11 is 0. The van der Waals surface area contributed by atoms with Crippen LogP contribution in [0.4, 0.5) is 5.82 Å². The first kappa shape index (κ1) is 13.9. The molecule has 18 heavy (non-hydrogen) atoms. The van der Waals surface area contributed by atoms with Crippen LogP contribution in [0.1, 0.15) is 29.8 Å². The fourth-order valence-corrected chi connectivity index (χ4v) is 1.32. The number of aryl methyl sites for hydroxylation is 1. The van der Waals surface area contributed by atoms with E-state index in [0.717, 1.165) is 5.56 Å². The molecule has 1 aromatic carbocycles. The molecule has 0 fully saturated rings. The number of hydrogen-bond donors (Lipinski definition) is 1. The molecular weight excluding hydrogens is 224 g/mol. The summed E-state index contributed by atoms with van der Waals surface area (Å²) in [6, 6.07) is 12.8. The van der Waals surface area contributed by atoms with Crippen molar-refractivity contribution in [2.24, 2.45) is 0 Å². The zero-order valence-electron chi connectivity index (χ0n) is 11.0. The van der Waals surface area contributed by atoms with Crippen molar-refractivity contribution in [3.8, 4) is 0 Å². The van der Waals surface area contributed by atoms with Crippen molar-refractivity contribution in [1.82, 2.24) is 4.98 Å². The van der Waals surface area contributed by atoms with Gasteiger partial charge in [-0.05, 0) is 30.7 Å². The quantitative estimate of drug-likeness (QED) is 0.873. The number of carbonyl (C=O) groups excluding carboxylic acids is 1. The van der Waals surface area contributed by atoms with Gasteiger partial charge >= 0.3 is 0 Å². The standard InChI is InChI=1S/C13H12N2O.C2H6/c1-10-7-8-12(14-9-10)15-13(16)11-5-3-2-4-6-11;1-2/h2-9H,1H3,(H,14,15,16);1-2H3. The highest BCUT2D eigenvalue weighted by molar-refractivity contribution is 6.03. The monoisotopic (exact) mass is 242 g/mol. The van der Waals surface area contributed by atoms with Crippen LogP contribution in [-0.2, 0) is 0 Å². The van der Waals surface area contributed by atoms with E-state index in [1.54, 1.807) is 24.4 Å². The van der Waals surface area contributed by atoms with E-state index in [4.69, 9.17) is 0 Å². The topological polar surface area (TPSA) is 42.0 Å². The Kier molecular flexibility index (Phi) is 5.58. The summed E-state index contributed by atoms with van der Waals surface area (Å²) in [6.45, 7) is 5.95. The Morgan fingerprint density at radius 2 is 1.72 bits per heavy atom. The second-order valence-corrected chi connectivity index (χ2v) is 3.54. The number of carbonyl (C=O) groups is 1. The summed E-state index contributed by atoms with van der Waals surface area (Å²) in [4.78, 5) is 15.9. The van der Waals surface area contributed by atoms with Crippen LogP contribution < -0.4 is 5.32 Å². The van der Waals surface area contributed by atoms with Gasteiger partial charge < -0.3 is 5.32 Å². The summed E-state index contributed by atoms with van der Waals surface area (Å²) in [5, 5.41) is 2.74. The third kappa shape index (κ3) is 4.01. The average molecular weight is 242 g/mol. The number of rotatable bonds is 2. The van der Waals surface area contributed by atoms with Gasteiger partial charge in [0.15, 0.2) is 0 Å². The minimum atomic E-state index is -0.142. The van der Waals surface area contributed by atoms with Crippen molar-refractivity contribution >= 4 is 11.7 Å². The van der Waals surface area contributed by atoms with E-state index in [9.17, 15) is 4.79 Å². The number of benzene rings is 1. The first-order valence-corrected chi connectivity index (χ1v) is 6.05. The zero-order valence-corrected chi connectivity index (χ0v) is 11.0. The molecule has 2 rings (SSSR count). The van der Waals surface area contributed by atoms with Crippen LogP contribution in [0.5, 0.6) is 0 Å². The van der Waals surface area contributed by atoms with E-state index in [0.29, 0.717) is 11.4 Å². The van der Waals surface area contributed by atoms with Gasteiger partial charge in [0, 0.05) is 11.8 Å². The number of hydrogen-bond acceptors (Lipinski definition) is 2. The van der Waals surface area contributed by atoms with Gasteiger partial charge in [-0.1, -0.05) is 38.1 Å². The van der Waals surface area contributed by atoms with E-state index >= 15 is 0 Å². The van der Waals surface area contributed by atoms with Gasteiger partial charge in [0.1, 0.15) is 5.82 Å². The maximum Gasteiger partial charge on any atom is 0.256 e. The Morgan fingerprint density at radius 1 is 1.06 bits per heavy atom. The van der Waals surface area contributed by atoms with Crippen LogP contribution >= 0.6 is 0 Å². The van der Waals surface area contributed by atoms with Gasteiger partial charge in [-0.25, -0.2) is 4.98 Å². The van der Waals surface area contributed by atoms with Crippen molar-refractivity contribution in [3.05, 3.63) is 59.8 Å². The largest absolute Gasteiger partial charge is 0.307 e. The van der Waals surface area contributed by atoms with Crippen LogP contribution in [0, 0.1) is 6.92 Å². The van der Waals surface area contributed by atoms with E-state index in [1.165, 1.54) is 0 Å². The lowest BCUT2D eigenvalue weighted by atomic mass is 10.2. The maximum atomic E-state index is 11.7. The number of anilines is 1. The molecule has 94 valence electrons. The average Bonchev–Trinajstić information content (AvgIpc) is 2.44. The predicted octanol–water partition coefficient (Wildman–Crippen LogP) is 3.67. The number of nitrogens with one attached hydrogen (secondary N) is 1. The molecule has 0 spiro atoms. The van der Waals surface area contributed by atoms with Crippen LogP contribution in [-0.4, -0.2) is 10.9 Å². The molecular formula is C15H18N2O. The first-order valence-electron chi connectivity index (χ1n) is 6.05. The van der Waals surface area contributed by atoms with E-state index < -0.39 is 0 Å². The molecule has 0 radical (unpaired) electrons. The molecule has 0 aliphatic carbocycles. The highest BCUT2D eigenvalue weighted by atomic mass is 16.1. The third-order valence-electron chi connectivity index (χ3n) is 2.19. The summed E-state index contributed by atoms with van der Waals surface area (Å²) < 4.78 is 0. The summed E-state index contributed by atoms with van der Waals surface area (Å²) in [7, 11) is 0. The van der Waals surface area contributed by atoms with Crippen LogP contribution in [0.15, 0.2) is 48.7 Å². The maximum absolute atomic E-state index is 11.7. The molecule has 0 aliphatic rings. The Bertz CT molecular complexity index is 478. The highest BCUT2D eigenvalue weighted by Crippen LogP contribution is 2.06. The second kappa shape index (κ2) is 7.22. The van der Waals surface area contributed by atoms with Crippen LogP contribution in [0.3, 0.4) is 0 Å². The molecule has 0 aliphatic heterocycles. The summed E-state index contributed by atoms with van der Waals surface area (Å²) in [5.41, 5.74) is 1.70. The molecule has 2 aromatic rings. The van der Waals surface area contributed by atoms with Crippen molar-refractivity contribution in [2.45, 2.75) is 20.8 Å². The Morgan fingerprint density at radius 3 is 2.28 bits per heavy atom. The van der Waals surface area contributed by atoms with Crippen LogP contribution in [0.25, 0.3) is 0 Å². The molecule has 1 heterocycles. The van der Waals surface area contributed by atoms with Crippen LogP contribution in [0.2, 0.25) is 0 Å². The molecule has 1 amide bonds. The van der Waals surface area contributed by atoms with E-state index in [2.05, 4.69) is 10.3 Å². The SMILES string of the molecule is CC.Cc1ccc(NC(=O)c2ccccc2)nc1. The van der Waals surface area contributed by atoms with Crippen molar-refractivity contribution in [1.29, 1.82) is 0 Å². The smallest absolute Gasteiger partial charge is 0.256 e. The minimum absolute atomic E-state index is 0.142. The molecule has 0 unspecified atom stereocenters. The van der Waals surface area contributed by atoms with Crippen molar-refractivity contribution < 1.29 is 4.79 Å². The molecule has 0 bridgehead atoms. The Labute approximate surface area is 108 Å². The molecule has 3 heteroatoms. The van der Waals surface area contributed by atoms with Gasteiger partial charge in [0.05, 0.1) is 0 Å². The molecule has 1 N–H and O–H groups in total. The van der Waals surface area contributed by atoms with Crippen molar-refractivity contribution in [3.63, 3.8) is 0 Å². The molecule has 0 atom stereocenters. The lowest BCUT2D eigenvalue weighted by molar-refractivity contribution is 0.102. The lowest BCUT2D eigenvalue weighted by Crippen LogP contribution is -2.12.